The van der Waals surface area contributed by atoms with Gasteiger partial charge < -0.3 is 5.11 Å². The van der Waals surface area contributed by atoms with E-state index in [0.717, 1.165) is 38.2 Å². The Morgan fingerprint density at radius 2 is 1.74 bits per heavy atom. The Labute approximate surface area is 165 Å². The lowest BCUT2D eigenvalue weighted by Gasteiger charge is -2.09. The van der Waals surface area contributed by atoms with Crippen molar-refractivity contribution < 1.29 is 5.11 Å². The van der Waals surface area contributed by atoms with E-state index in [4.69, 9.17) is 12.2 Å². The van der Waals surface area contributed by atoms with Gasteiger partial charge in [0, 0.05) is 22.7 Å². The second-order valence-electron chi connectivity index (χ2n) is 6.26. The quantitative estimate of drug-likeness (QED) is 0.406. The molecule has 0 unspecified atom stereocenters. The van der Waals surface area contributed by atoms with Crippen molar-refractivity contribution in [2.24, 2.45) is 4.99 Å². The molecule has 5 rings (SSSR count). The molecular weight excluding hydrogens is 372 g/mol. The zero-order valence-corrected chi connectivity index (χ0v) is 15.8. The van der Waals surface area contributed by atoms with Crippen molar-refractivity contribution in [3.8, 4) is 11.6 Å². The maximum absolute atomic E-state index is 10.9. The fourth-order valence-electron chi connectivity index (χ4n) is 3.39. The Kier molecular flexibility index (Phi) is 3.77. The predicted octanol–water partition coefficient (Wildman–Crippen LogP) is 6.38. The van der Waals surface area contributed by atoms with E-state index < -0.39 is 0 Å². The fraction of sp³-hybridized carbons (Fsp3) is 0. The van der Waals surface area contributed by atoms with E-state index in [2.05, 4.69) is 17.1 Å². The van der Waals surface area contributed by atoms with Gasteiger partial charge in [0.25, 0.3) is 0 Å². The average Bonchev–Trinajstić information content (AvgIpc) is 3.22. The van der Waals surface area contributed by atoms with Gasteiger partial charge in [-0.15, -0.1) is 11.3 Å². The predicted molar refractivity (Wildman–Crippen MR) is 116 cm³/mol. The molecule has 27 heavy (non-hydrogen) atoms. The molecule has 0 amide bonds. The molecule has 2 heterocycles. The largest absolute Gasteiger partial charge is 0.493 e. The minimum atomic E-state index is 0.159. The first-order valence-corrected chi connectivity index (χ1v) is 9.73. The van der Waals surface area contributed by atoms with E-state index in [9.17, 15) is 5.11 Å². The van der Waals surface area contributed by atoms with E-state index in [0.29, 0.717) is 3.95 Å². The molecule has 4 aromatic rings. The minimum Gasteiger partial charge on any atom is -0.493 e. The van der Waals surface area contributed by atoms with Gasteiger partial charge in [-0.25, -0.2) is 0 Å². The third-order valence-electron chi connectivity index (χ3n) is 4.66. The normalized spacial score (nSPS) is 14.1. The van der Waals surface area contributed by atoms with Crippen molar-refractivity contribution in [3.05, 3.63) is 81.1 Å². The van der Waals surface area contributed by atoms with Gasteiger partial charge in [0.1, 0.15) is 0 Å². The van der Waals surface area contributed by atoms with Crippen LogP contribution in [0.1, 0.15) is 10.4 Å². The van der Waals surface area contributed by atoms with Gasteiger partial charge in [-0.05, 0) is 35.8 Å². The van der Waals surface area contributed by atoms with Crippen molar-refractivity contribution in [2.75, 3.05) is 0 Å². The Balaban J connectivity index is 1.68. The third-order valence-corrected chi connectivity index (χ3v) is 5.97. The number of para-hydroxylation sites is 1. The summed E-state index contributed by atoms with van der Waals surface area (Å²) < 4.78 is 2.35. The SMILES string of the molecule is Oc1c(/C=C2/C=Nc3ccccc32)sc(=S)n1-c1cccc2ccccc12. The monoisotopic (exact) mass is 386 g/mol. The number of aromatic nitrogens is 1. The molecule has 1 aliphatic heterocycles. The summed E-state index contributed by atoms with van der Waals surface area (Å²) in [6.07, 6.45) is 3.78. The Morgan fingerprint density at radius 1 is 0.963 bits per heavy atom. The lowest BCUT2D eigenvalue weighted by atomic mass is 10.1. The van der Waals surface area contributed by atoms with Crippen LogP contribution in [0, 0.1) is 3.95 Å². The molecule has 3 aromatic carbocycles. The summed E-state index contributed by atoms with van der Waals surface area (Å²) in [5.74, 6) is 0.159. The molecule has 0 saturated heterocycles. The van der Waals surface area contributed by atoms with Crippen molar-refractivity contribution >= 4 is 57.9 Å². The van der Waals surface area contributed by atoms with Gasteiger partial charge >= 0.3 is 0 Å². The van der Waals surface area contributed by atoms with E-state index in [-0.39, 0.29) is 5.88 Å². The molecule has 0 aliphatic carbocycles. The number of thiazole rings is 1. The molecule has 0 radical (unpaired) electrons. The highest BCUT2D eigenvalue weighted by Gasteiger charge is 2.17. The number of hydrogen-bond donors (Lipinski definition) is 1. The summed E-state index contributed by atoms with van der Waals surface area (Å²) in [6.45, 7) is 0. The van der Waals surface area contributed by atoms with Gasteiger partial charge in [-0.2, -0.15) is 0 Å². The van der Waals surface area contributed by atoms with Crippen LogP contribution in [0.5, 0.6) is 5.88 Å². The molecule has 0 bridgehead atoms. The molecule has 0 spiro atoms. The second-order valence-corrected chi connectivity index (χ2v) is 7.94. The first-order chi connectivity index (χ1) is 13.2. The first kappa shape index (κ1) is 16.2. The molecule has 0 fully saturated rings. The van der Waals surface area contributed by atoms with Crippen LogP contribution in [-0.4, -0.2) is 15.9 Å². The highest BCUT2D eigenvalue weighted by molar-refractivity contribution is 7.73. The van der Waals surface area contributed by atoms with E-state index in [1.54, 1.807) is 4.57 Å². The van der Waals surface area contributed by atoms with Crippen LogP contribution >= 0.6 is 23.6 Å². The number of benzene rings is 3. The van der Waals surface area contributed by atoms with Crippen molar-refractivity contribution in [1.29, 1.82) is 0 Å². The average molecular weight is 387 g/mol. The van der Waals surface area contributed by atoms with Gasteiger partial charge in [0.05, 0.1) is 16.3 Å². The maximum Gasteiger partial charge on any atom is 0.215 e. The number of fused-ring (bicyclic) bond motifs is 2. The lowest BCUT2D eigenvalue weighted by Crippen LogP contribution is -1.94. The van der Waals surface area contributed by atoms with Gasteiger partial charge in [-0.3, -0.25) is 9.56 Å². The summed E-state index contributed by atoms with van der Waals surface area (Å²) in [7, 11) is 0. The summed E-state index contributed by atoms with van der Waals surface area (Å²) in [4.78, 5) is 5.16. The van der Waals surface area contributed by atoms with Crippen LogP contribution in [0.4, 0.5) is 5.69 Å². The minimum absolute atomic E-state index is 0.159. The van der Waals surface area contributed by atoms with Crippen LogP contribution < -0.4 is 0 Å². The smallest absolute Gasteiger partial charge is 0.215 e. The lowest BCUT2D eigenvalue weighted by molar-refractivity contribution is 0.441. The van der Waals surface area contributed by atoms with Crippen molar-refractivity contribution in [2.45, 2.75) is 0 Å². The standard InChI is InChI=1S/C22H14N2OS2/c25-21-20(12-15-13-23-18-10-4-3-8-16(15)18)27-22(26)24(21)19-11-5-7-14-6-1-2-9-17(14)19/h1-13,25H/b15-12-. The molecule has 1 N–H and O–H groups in total. The molecule has 0 saturated carbocycles. The highest BCUT2D eigenvalue weighted by Crippen LogP contribution is 2.37. The van der Waals surface area contributed by atoms with Crippen molar-refractivity contribution in [1.82, 2.24) is 4.57 Å². The van der Waals surface area contributed by atoms with Gasteiger partial charge in [0.15, 0.2) is 3.95 Å². The highest BCUT2D eigenvalue weighted by atomic mass is 32.1. The van der Waals surface area contributed by atoms with Crippen LogP contribution in [-0.2, 0) is 0 Å². The van der Waals surface area contributed by atoms with E-state index in [1.807, 2.05) is 66.9 Å². The summed E-state index contributed by atoms with van der Waals surface area (Å²) >= 11 is 6.98. The molecule has 3 nitrogen and oxygen atoms in total. The van der Waals surface area contributed by atoms with Crippen molar-refractivity contribution in [3.63, 3.8) is 0 Å². The van der Waals surface area contributed by atoms with Crippen LogP contribution in [0.3, 0.4) is 0 Å². The molecule has 0 atom stereocenters. The van der Waals surface area contributed by atoms with Crippen LogP contribution in [0.15, 0.2) is 71.7 Å². The van der Waals surface area contributed by atoms with E-state index in [1.165, 1.54) is 11.3 Å². The molecule has 130 valence electrons. The van der Waals surface area contributed by atoms with Crippen LogP contribution in [0.25, 0.3) is 28.1 Å². The fourth-order valence-corrected chi connectivity index (χ4v) is 4.67. The molecule has 5 heteroatoms. The summed E-state index contributed by atoms with van der Waals surface area (Å²) in [5.41, 5.74) is 3.87. The van der Waals surface area contributed by atoms with Gasteiger partial charge in [-0.1, -0.05) is 54.6 Å². The number of hydrogen-bond acceptors (Lipinski definition) is 4. The number of nitrogens with zero attached hydrogens (tertiary/aromatic N) is 2. The summed E-state index contributed by atoms with van der Waals surface area (Å²) in [6, 6.07) is 22.1. The molecule has 1 aromatic heterocycles. The maximum atomic E-state index is 10.9. The number of rotatable bonds is 2. The van der Waals surface area contributed by atoms with Crippen LogP contribution in [0.2, 0.25) is 0 Å². The zero-order chi connectivity index (χ0) is 18.4. The van der Waals surface area contributed by atoms with E-state index >= 15 is 0 Å². The third kappa shape index (κ3) is 2.63. The topological polar surface area (TPSA) is 37.5 Å². The summed E-state index contributed by atoms with van der Waals surface area (Å²) in [5, 5.41) is 13.1. The number of aromatic hydroxyl groups is 1. The Morgan fingerprint density at radius 3 is 2.67 bits per heavy atom. The Hall–Kier alpha value is -3.02. The zero-order valence-electron chi connectivity index (χ0n) is 14.2. The number of aliphatic imine (C=N–C) groups is 1. The first-order valence-electron chi connectivity index (χ1n) is 8.50. The second kappa shape index (κ2) is 6.30. The number of allylic oxidation sites excluding steroid dienone is 1. The Bertz CT molecular complexity index is 1310. The molecule has 1 aliphatic rings. The van der Waals surface area contributed by atoms with Gasteiger partial charge in [0.2, 0.25) is 5.88 Å². The molecular formula is C22H14N2OS2.